The smallest absolute Gasteiger partial charge is 0.410 e. The summed E-state index contributed by atoms with van der Waals surface area (Å²) in [5.41, 5.74) is 4.78. The van der Waals surface area contributed by atoms with Gasteiger partial charge in [0.2, 0.25) is 0 Å². The van der Waals surface area contributed by atoms with Crippen LogP contribution in [0.1, 0.15) is 53.8 Å². The first kappa shape index (κ1) is 21.9. The first-order valence-electron chi connectivity index (χ1n) is 11.7. The molecule has 0 atom stereocenters. The molecule has 1 amide bonds. The van der Waals surface area contributed by atoms with E-state index in [0.717, 1.165) is 49.0 Å². The lowest BCUT2D eigenvalue weighted by molar-refractivity contribution is -0.138. The molecule has 172 valence electrons. The van der Waals surface area contributed by atoms with Crippen molar-refractivity contribution in [1.29, 1.82) is 0 Å². The van der Waals surface area contributed by atoms with Crippen molar-refractivity contribution in [2.75, 3.05) is 6.54 Å². The second-order valence-electron chi connectivity index (χ2n) is 9.15. The second-order valence-corrected chi connectivity index (χ2v) is 10.3. The molecule has 0 spiro atoms. The van der Waals surface area contributed by atoms with Crippen molar-refractivity contribution in [2.24, 2.45) is 5.92 Å². The number of carbonyl (C=O) groups excluding carboxylic acids is 1. The Morgan fingerprint density at radius 1 is 1.09 bits per heavy atom. The van der Waals surface area contributed by atoms with Crippen molar-refractivity contribution < 1.29 is 19.4 Å². The van der Waals surface area contributed by atoms with Crippen LogP contribution in [-0.4, -0.2) is 39.7 Å². The normalized spacial score (nSPS) is 20.4. The van der Waals surface area contributed by atoms with Crippen LogP contribution in [0.4, 0.5) is 4.79 Å². The Kier molecular flexibility index (Phi) is 6.31. The van der Waals surface area contributed by atoms with Crippen LogP contribution < -0.4 is 0 Å². The Labute approximate surface area is 197 Å². The van der Waals surface area contributed by atoms with Crippen LogP contribution in [0.15, 0.2) is 42.5 Å². The standard InChI is InChI=1S/C26H28N2O4S/c29-25(30)15-17-6-9-21(10-7-17)32-26(31)28-12-11-19-13-18(5-8-20(19)16-28)14-24-27-22-3-1-2-4-23(22)33-24/h1-5,8,13,17,21H,6-7,9-12,14-16H2,(H,29,30). The average Bonchev–Trinajstić information content (AvgIpc) is 3.22. The quantitative estimate of drug-likeness (QED) is 0.546. The molecule has 7 heteroatoms. The van der Waals surface area contributed by atoms with Crippen molar-refractivity contribution in [2.45, 2.75) is 57.6 Å². The van der Waals surface area contributed by atoms with E-state index in [0.29, 0.717) is 13.1 Å². The van der Waals surface area contributed by atoms with Crippen molar-refractivity contribution in [3.63, 3.8) is 0 Å². The Morgan fingerprint density at radius 2 is 1.91 bits per heavy atom. The molecule has 1 aliphatic carbocycles. The Bertz CT molecular complexity index is 1130. The number of fused-ring (bicyclic) bond motifs is 2. The van der Waals surface area contributed by atoms with Gasteiger partial charge in [-0.1, -0.05) is 30.3 Å². The van der Waals surface area contributed by atoms with E-state index >= 15 is 0 Å². The van der Waals surface area contributed by atoms with Gasteiger partial charge in [-0.3, -0.25) is 4.79 Å². The number of carboxylic acids is 1. The topological polar surface area (TPSA) is 79.7 Å². The van der Waals surface area contributed by atoms with Crippen molar-refractivity contribution in [3.8, 4) is 0 Å². The molecule has 1 fully saturated rings. The summed E-state index contributed by atoms with van der Waals surface area (Å²) in [5.74, 6) is -0.540. The number of ether oxygens (including phenoxy) is 1. The first-order chi connectivity index (χ1) is 16.0. The molecular formula is C26H28N2O4S. The number of hydrogen-bond donors (Lipinski definition) is 1. The van der Waals surface area contributed by atoms with Gasteiger partial charge >= 0.3 is 12.1 Å². The Hall–Kier alpha value is -2.93. The Morgan fingerprint density at radius 3 is 2.70 bits per heavy atom. The summed E-state index contributed by atoms with van der Waals surface area (Å²) in [4.78, 5) is 30.2. The Balaban J connectivity index is 1.16. The fourth-order valence-electron chi connectivity index (χ4n) is 4.96. The monoisotopic (exact) mass is 464 g/mol. The van der Waals surface area contributed by atoms with Crippen molar-refractivity contribution in [3.05, 3.63) is 64.2 Å². The van der Waals surface area contributed by atoms with Gasteiger partial charge in [0.25, 0.3) is 0 Å². The van der Waals surface area contributed by atoms with Gasteiger partial charge < -0.3 is 14.7 Å². The number of nitrogens with zero attached hydrogens (tertiary/aromatic N) is 2. The van der Waals surface area contributed by atoms with Crippen LogP contribution >= 0.6 is 11.3 Å². The van der Waals surface area contributed by atoms with Crippen molar-refractivity contribution >= 4 is 33.6 Å². The third-order valence-corrected chi connectivity index (χ3v) is 7.80. The molecule has 0 bridgehead atoms. The highest BCUT2D eigenvalue weighted by molar-refractivity contribution is 7.18. The third kappa shape index (κ3) is 5.19. The number of amides is 1. The van der Waals surface area contributed by atoms with Gasteiger partial charge in [0.15, 0.2) is 0 Å². The van der Waals surface area contributed by atoms with E-state index in [4.69, 9.17) is 14.8 Å². The van der Waals surface area contributed by atoms with E-state index in [2.05, 4.69) is 30.3 Å². The van der Waals surface area contributed by atoms with E-state index in [1.807, 2.05) is 12.1 Å². The van der Waals surface area contributed by atoms with Gasteiger partial charge in [0, 0.05) is 25.9 Å². The molecule has 2 aromatic carbocycles. The number of rotatable bonds is 5. The zero-order valence-electron chi connectivity index (χ0n) is 18.5. The lowest BCUT2D eigenvalue weighted by atomic mass is 9.85. The molecule has 1 aromatic heterocycles. The number of aromatic nitrogens is 1. The number of benzene rings is 2. The lowest BCUT2D eigenvalue weighted by Crippen LogP contribution is -2.39. The molecule has 0 radical (unpaired) electrons. The molecule has 3 aromatic rings. The summed E-state index contributed by atoms with van der Waals surface area (Å²) in [5, 5.41) is 10.1. The third-order valence-electron chi connectivity index (χ3n) is 6.76. The van der Waals surface area contributed by atoms with Crippen LogP contribution in [0, 0.1) is 5.92 Å². The predicted octanol–water partition coefficient (Wildman–Crippen LogP) is 5.42. The maximum Gasteiger partial charge on any atom is 0.410 e. The van der Waals surface area contributed by atoms with Crippen LogP contribution in [0.5, 0.6) is 0 Å². The van der Waals surface area contributed by atoms with Crippen LogP contribution in [-0.2, 0) is 28.9 Å². The number of carbonyl (C=O) groups is 2. The number of aliphatic carboxylic acids is 1. The molecule has 6 nitrogen and oxygen atoms in total. The van der Waals surface area contributed by atoms with Crippen LogP contribution in [0.3, 0.4) is 0 Å². The summed E-state index contributed by atoms with van der Waals surface area (Å²) in [6.07, 6.45) is 4.64. The fraction of sp³-hybridized carbons (Fsp3) is 0.423. The SMILES string of the molecule is O=C(O)CC1CCC(OC(=O)N2CCc3cc(Cc4nc5ccccc5s4)ccc3C2)CC1. The molecule has 2 aliphatic rings. The van der Waals surface area contributed by atoms with Gasteiger partial charge in [0.1, 0.15) is 6.10 Å². The molecule has 1 N–H and O–H groups in total. The molecule has 33 heavy (non-hydrogen) atoms. The average molecular weight is 465 g/mol. The number of para-hydroxylation sites is 1. The summed E-state index contributed by atoms with van der Waals surface area (Å²) >= 11 is 1.74. The zero-order valence-corrected chi connectivity index (χ0v) is 19.4. The van der Waals surface area contributed by atoms with Gasteiger partial charge in [-0.05, 0) is 66.8 Å². The maximum absolute atomic E-state index is 12.7. The van der Waals surface area contributed by atoms with E-state index in [-0.39, 0.29) is 24.5 Å². The number of hydrogen-bond acceptors (Lipinski definition) is 5. The highest BCUT2D eigenvalue weighted by Crippen LogP contribution is 2.30. The minimum absolute atomic E-state index is 0.0971. The molecule has 1 aliphatic heterocycles. The molecule has 2 heterocycles. The highest BCUT2D eigenvalue weighted by Gasteiger charge is 2.28. The van der Waals surface area contributed by atoms with E-state index in [9.17, 15) is 9.59 Å². The van der Waals surface area contributed by atoms with E-state index in [1.54, 1.807) is 16.2 Å². The molecule has 5 rings (SSSR count). The highest BCUT2D eigenvalue weighted by atomic mass is 32.1. The first-order valence-corrected chi connectivity index (χ1v) is 12.5. The number of carboxylic acid groups (broad SMARTS) is 1. The lowest BCUT2D eigenvalue weighted by Gasteiger charge is -2.32. The largest absolute Gasteiger partial charge is 0.481 e. The molecular weight excluding hydrogens is 436 g/mol. The van der Waals surface area contributed by atoms with Gasteiger partial charge in [-0.2, -0.15) is 0 Å². The van der Waals surface area contributed by atoms with E-state index in [1.165, 1.54) is 21.4 Å². The minimum atomic E-state index is -0.745. The summed E-state index contributed by atoms with van der Waals surface area (Å²) in [6, 6.07) is 14.8. The molecule has 0 unspecified atom stereocenters. The maximum atomic E-state index is 12.7. The van der Waals surface area contributed by atoms with Crippen LogP contribution in [0.2, 0.25) is 0 Å². The minimum Gasteiger partial charge on any atom is -0.481 e. The fourth-order valence-corrected chi connectivity index (χ4v) is 5.96. The summed E-state index contributed by atoms with van der Waals surface area (Å²) in [6.45, 7) is 1.23. The zero-order chi connectivity index (χ0) is 22.8. The van der Waals surface area contributed by atoms with E-state index < -0.39 is 5.97 Å². The van der Waals surface area contributed by atoms with Gasteiger partial charge in [0.05, 0.1) is 15.2 Å². The molecule has 1 saturated carbocycles. The number of thiazole rings is 1. The molecule has 0 saturated heterocycles. The summed E-state index contributed by atoms with van der Waals surface area (Å²) < 4.78 is 6.98. The van der Waals surface area contributed by atoms with Crippen molar-refractivity contribution in [1.82, 2.24) is 9.88 Å². The van der Waals surface area contributed by atoms with Crippen LogP contribution in [0.25, 0.3) is 10.2 Å². The summed E-state index contributed by atoms with van der Waals surface area (Å²) in [7, 11) is 0. The predicted molar refractivity (Wildman–Crippen MR) is 127 cm³/mol. The van der Waals surface area contributed by atoms with Gasteiger partial charge in [-0.15, -0.1) is 11.3 Å². The second kappa shape index (κ2) is 9.51. The van der Waals surface area contributed by atoms with Gasteiger partial charge in [-0.25, -0.2) is 9.78 Å².